The molecule has 0 atom stereocenters. The summed E-state index contributed by atoms with van der Waals surface area (Å²) >= 11 is 5.97. The van der Waals surface area contributed by atoms with Crippen molar-refractivity contribution in [1.29, 1.82) is 0 Å². The zero-order chi connectivity index (χ0) is 19.6. The third-order valence-corrected chi connectivity index (χ3v) is 4.02. The summed E-state index contributed by atoms with van der Waals surface area (Å²) in [6.45, 7) is 0. The Morgan fingerprint density at radius 3 is 2.52 bits per heavy atom. The molecule has 1 N–H and O–H groups in total. The molecule has 1 amide bonds. The molecule has 1 heterocycles. The number of rotatable bonds is 4. The van der Waals surface area contributed by atoms with Gasteiger partial charge in [-0.25, -0.2) is 9.07 Å². The van der Waals surface area contributed by atoms with Crippen molar-refractivity contribution in [2.45, 2.75) is 0 Å². The number of hydrogen-bond donors (Lipinski definition) is 1. The summed E-state index contributed by atoms with van der Waals surface area (Å²) in [5.74, 6) is -1.94. The molecule has 0 aliphatic rings. The molecule has 3 aromatic rings. The lowest BCUT2D eigenvalue weighted by Crippen LogP contribution is -2.24. The molecule has 27 heavy (non-hydrogen) atoms. The number of anilines is 1. The minimum atomic E-state index is -0.681. The van der Waals surface area contributed by atoms with Crippen LogP contribution in [0.25, 0.3) is 0 Å². The lowest BCUT2D eigenvalue weighted by molar-refractivity contribution is 0.102. The number of hydrogen-bond acceptors (Lipinski definition) is 4. The Bertz CT molecular complexity index is 1110. The Labute approximate surface area is 158 Å². The zero-order valence-electron chi connectivity index (χ0n) is 14.1. The minimum Gasteiger partial charge on any atom is -0.320 e. The highest BCUT2D eigenvalue weighted by Crippen LogP contribution is 2.25. The lowest BCUT2D eigenvalue weighted by atomic mass is 10.0. The Kier molecular flexibility index (Phi) is 5.14. The van der Waals surface area contributed by atoms with E-state index in [2.05, 4.69) is 10.4 Å². The van der Waals surface area contributed by atoms with E-state index in [-0.39, 0.29) is 33.1 Å². The summed E-state index contributed by atoms with van der Waals surface area (Å²) in [4.78, 5) is 36.6. The number of halogens is 2. The van der Waals surface area contributed by atoms with E-state index >= 15 is 0 Å². The van der Waals surface area contributed by atoms with Crippen molar-refractivity contribution in [1.82, 2.24) is 9.78 Å². The van der Waals surface area contributed by atoms with Crippen LogP contribution in [-0.4, -0.2) is 21.5 Å². The molecular weight excluding hydrogens is 373 g/mol. The monoisotopic (exact) mass is 385 g/mol. The molecule has 136 valence electrons. The SMILES string of the molecule is Cn1nc(C(=O)Nc2ccc(Cl)cc2C(=O)c2ccccc2F)ccc1=O. The Morgan fingerprint density at radius 1 is 1.07 bits per heavy atom. The van der Waals surface area contributed by atoms with Crippen LogP contribution in [-0.2, 0) is 7.05 Å². The van der Waals surface area contributed by atoms with Gasteiger partial charge in [0.15, 0.2) is 5.78 Å². The summed E-state index contributed by atoms with van der Waals surface area (Å²) in [5.41, 5.74) is -0.348. The van der Waals surface area contributed by atoms with Crippen molar-refractivity contribution in [2.24, 2.45) is 7.05 Å². The molecule has 0 fully saturated rings. The van der Waals surface area contributed by atoms with Gasteiger partial charge in [-0.05, 0) is 36.4 Å². The number of amides is 1. The van der Waals surface area contributed by atoms with Gasteiger partial charge in [0.25, 0.3) is 11.5 Å². The Morgan fingerprint density at radius 2 is 1.81 bits per heavy atom. The first-order valence-corrected chi connectivity index (χ1v) is 8.19. The minimum absolute atomic E-state index is 0.0173. The van der Waals surface area contributed by atoms with E-state index in [1.807, 2.05) is 0 Å². The average Bonchev–Trinajstić information content (AvgIpc) is 2.65. The fourth-order valence-electron chi connectivity index (χ4n) is 2.41. The Hall–Kier alpha value is -3.32. The summed E-state index contributed by atoms with van der Waals surface area (Å²) in [6, 6.07) is 12.3. The fourth-order valence-corrected chi connectivity index (χ4v) is 2.59. The number of aromatic nitrogens is 2. The van der Waals surface area contributed by atoms with Crippen LogP contribution >= 0.6 is 11.6 Å². The molecule has 8 heteroatoms. The highest BCUT2D eigenvalue weighted by Gasteiger charge is 2.19. The van der Waals surface area contributed by atoms with Crippen LogP contribution in [0.1, 0.15) is 26.4 Å². The van der Waals surface area contributed by atoms with Crippen LogP contribution in [0.5, 0.6) is 0 Å². The van der Waals surface area contributed by atoms with Crippen LogP contribution in [0, 0.1) is 5.82 Å². The average molecular weight is 386 g/mol. The molecule has 0 saturated heterocycles. The largest absolute Gasteiger partial charge is 0.320 e. The van der Waals surface area contributed by atoms with Gasteiger partial charge < -0.3 is 5.32 Å². The molecule has 0 saturated carbocycles. The highest BCUT2D eigenvalue weighted by atomic mass is 35.5. The summed E-state index contributed by atoms with van der Waals surface area (Å²) in [5, 5.41) is 6.66. The third kappa shape index (κ3) is 3.93. The van der Waals surface area contributed by atoms with Crippen LogP contribution in [0.2, 0.25) is 5.02 Å². The van der Waals surface area contributed by atoms with Gasteiger partial charge in [0, 0.05) is 23.7 Å². The highest BCUT2D eigenvalue weighted by molar-refractivity contribution is 6.31. The topological polar surface area (TPSA) is 81.1 Å². The molecule has 0 unspecified atom stereocenters. The summed E-state index contributed by atoms with van der Waals surface area (Å²) in [6.07, 6.45) is 0. The number of nitrogens with one attached hydrogen (secondary N) is 1. The van der Waals surface area contributed by atoms with Gasteiger partial charge in [-0.2, -0.15) is 5.10 Å². The van der Waals surface area contributed by atoms with Gasteiger partial charge in [-0.15, -0.1) is 0 Å². The summed E-state index contributed by atoms with van der Waals surface area (Å²) < 4.78 is 15.0. The van der Waals surface area contributed by atoms with E-state index in [4.69, 9.17) is 11.6 Å². The third-order valence-electron chi connectivity index (χ3n) is 3.79. The van der Waals surface area contributed by atoms with Gasteiger partial charge in [0.1, 0.15) is 11.5 Å². The molecule has 0 aliphatic heterocycles. The number of aryl methyl sites for hydroxylation is 1. The second-order valence-corrected chi connectivity index (χ2v) is 6.07. The van der Waals surface area contributed by atoms with Crippen molar-refractivity contribution in [3.8, 4) is 0 Å². The zero-order valence-corrected chi connectivity index (χ0v) is 14.8. The number of nitrogens with zero attached hydrogens (tertiary/aromatic N) is 2. The normalized spacial score (nSPS) is 10.5. The summed E-state index contributed by atoms with van der Waals surface area (Å²) in [7, 11) is 1.41. The second-order valence-electron chi connectivity index (χ2n) is 5.63. The van der Waals surface area contributed by atoms with E-state index in [9.17, 15) is 18.8 Å². The predicted molar refractivity (Wildman–Crippen MR) is 98.7 cm³/mol. The number of ketones is 1. The van der Waals surface area contributed by atoms with Crippen LogP contribution in [0.4, 0.5) is 10.1 Å². The number of carbonyl (C=O) groups is 2. The van der Waals surface area contributed by atoms with E-state index in [1.165, 1.54) is 61.6 Å². The van der Waals surface area contributed by atoms with Gasteiger partial charge in [0.05, 0.1) is 11.3 Å². The smallest absolute Gasteiger partial charge is 0.276 e. The van der Waals surface area contributed by atoms with Crippen molar-refractivity contribution >= 4 is 29.0 Å². The maximum Gasteiger partial charge on any atom is 0.276 e. The van der Waals surface area contributed by atoms with Crippen molar-refractivity contribution < 1.29 is 14.0 Å². The maximum atomic E-state index is 14.0. The Balaban J connectivity index is 1.98. The van der Waals surface area contributed by atoms with Crippen LogP contribution in [0.3, 0.4) is 0 Å². The molecule has 1 aromatic heterocycles. The van der Waals surface area contributed by atoms with E-state index in [0.717, 1.165) is 4.68 Å². The molecule has 0 aliphatic carbocycles. The lowest BCUT2D eigenvalue weighted by Gasteiger charge is -2.11. The van der Waals surface area contributed by atoms with Crippen molar-refractivity contribution in [3.63, 3.8) is 0 Å². The second kappa shape index (κ2) is 7.51. The van der Waals surface area contributed by atoms with E-state index in [0.29, 0.717) is 0 Å². The molecule has 3 rings (SSSR count). The fraction of sp³-hybridized carbons (Fsp3) is 0.0526. The van der Waals surface area contributed by atoms with Gasteiger partial charge in [0.2, 0.25) is 0 Å². The van der Waals surface area contributed by atoms with E-state index in [1.54, 1.807) is 0 Å². The van der Waals surface area contributed by atoms with Crippen molar-refractivity contribution in [3.05, 3.63) is 92.6 Å². The van der Waals surface area contributed by atoms with Gasteiger partial charge in [-0.3, -0.25) is 14.4 Å². The molecule has 0 bridgehead atoms. The molecule has 2 aromatic carbocycles. The number of carbonyl (C=O) groups excluding carboxylic acids is 2. The van der Waals surface area contributed by atoms with Gasteiger partial charge in [-0.1, -0.05) is 23.7 Å². The van der Waals surface area contributed by atoms with Gasteiger partial charge >= 0.3 is 0 Å². The van der Waals surface area contributed by atoms with Crippen molar-refractivity contribution in [2.75, 3.05) is 5.32 Å². The van der Waals surface area contributed by atoms with Crippen LogP contribution < -0.4 is 10.9 Å². The molecule has 0 radical (unpaired) electrons. The van der Waals surface area contributed by atoms with Crippen LogP contribution in [0.15, 0.2) is 59.4 Å². The molecular formula is C19H13ClFN3O3. The molecule has 0 spiro atoms. The standard InChI is InChI=1S/C19H13ClFN3O3/c1-24-17(25)9-8-16(23-24)19(27)22-15-7-6-11(20)10-13(15)18(26)12-4-2-3-5-14(12)21/h2-10H,1H3,(H,22,27). The first-order chi connectivity index (χ1) is 12.9. The first-order valence-electron chi connectivity index (χ1n) is 7.81. The maximum absolute atomic E-state index is 14.0. The molecule has 6 nitrogen and oxygen atoms in total. The van der Waals surface area contributed by atoms with E-state index < -0.39 is 17.5 Å². The number of benzene rings is 2. The first kappa shape index (κ1) is 18.5. The predicted octanol–water partition coefficient (Wildman–Crippen LogP) is 3.06. The quantitative estimate of drug-likeness (QED) is 0.700.